The first-order chi connectivity index (χ1) is 4.24. The van der Waals surface area contributed by atoms with E-state index in [1.165, 1.54) is 3.70 Å². The van der Waals surface area contributed by atoms with Crippen LogP contribution in [0.25, 0.3) is 0 Å². The Morgan fingerprint density at radius 2 is 2.22 bits per heavy atom. The van der Waals surface area contributed by atoms with E-state index >= 15 is 0 Å². The van der Waals surface area contributed by atoms with Gasteiger partial charge in [-0.25, -0.2) is 0 Å². The predicted octanol–water partition coefficient (Wildman–Crippen LogP) is -2.69. The van der Waals surface area contributed by atoms with E-state index in [-0.39, 0.29) is 21.2 Å². The molecule has 0 atom stereocenters. The van der Waals surface area contributed by atoms with E-state index in [0.717, 1.165) is 3.70 Å². The van der Waals surface area contributed by atoms with Gasteiger partial charge in [0.25, 0.3) is 0 Å². The van der Waals surface area contributed by atoms with E-state index in [1.54, 1.807) is 4.80 Å². The third-order valence-electron chi connectivity index (χ3n) is 0.814. The molecule has 0 spiro atoms. The Bertz CT molecular complexity index is 208. The van der Waals surface area contributed by atoms with Crippen LogP contribution in [0.15, 0.2) is 0 Å². The quantitative estimate of drug-likeness (QED) is 0.408. The van der Waals surface area contributed by atoms with Gasteiger partial charge in [0.15, 0.2) is 0 Å². The topological polar surface area (TPSA) is 30.7 Å². The predicted molar refractivity (Wildman–Crippen MR) is 38.3 cm³/mol. The number of alkyl halides is 1. The Hall–Kier alpha value is 0.600. The number of hydrogen-bond acceptors (Lipinski definition) is 2. The Balaban J connectivity index is 3.01. The van der Waals surface area contributed by atoms with Crippen molar-refractivity contribution in [2.75, 3.05) is 4.93 Å². The van der Waals surface area contributed by atoms with Gasteiger partial charge in [-0.05, 0) is 0 Å². The van der Waals surface area contributed by atoms with Gasteiger partial charge in [-0.3, -0.25) is 0 Å². The molecule has 9 heavy (non-hydrogen) atoms. The molecular weight excluding hydrogens is 344 g/mol. The van der Waals surface area contributed by atoms with Crippen molar-refractivity contribution in [1.29, 1.82) is 0 Å². The molecule has 0 N–H and O–H groups in total. The van der Waals surface area contributed by atoms with Crippen LogP contribution in [-0.4, -0.2) is 19.9 Å². The molecule has 5 heteroatoms. The summed E-state index contributed by atoms with van der Waals surface area (Å²) in [5.74, 6) is 0. The molecule has 1 rings (SSSR count). The fraction of sp³-hybridized carbons (Fsp3) is 0.500. The Labute approximate surface area is 77.6 Å². The molecular formula is C4H6I2N3-. The number of aromatic nitrogens is 3. The average molecular weight is 350 g/mol. The molecule has 1 aromatic heterocycles. The van der Waals surface area contributed by atoms with E-state index < -0.39 is 0 Å². The van der Waals surface area contributed by atoms with E-state index in [2.05, 4.69) is 37.7 Å². The number of nitrogens with zero attached hydrogens (tertiary/aromatic N) is 3. The van der Waals surface area contributed by atoms with Gasteiger partial charge in [0.1, 0.15) is 0 Å². The van der Waals surface area contributed by atoms with Crippen LogP contribution in [0.5, 0.6) is 0 Å². The molecule has 0 unspecified atom stereocenters. The van der Waals surface area contributed by atoms with Gasteiger partial charge in [-0.1, -0.05) is 0 Å². The van der Waals surface area contributed by atoms with Gasteiger partial charge in [-0.2, -0.15) is 0 Å². The van der Waals surface area contributed by atoms with Crippen LogP contribution < -0.4 is 21.2 Å². The maximum absolute atomic E-state index is 4.18. The van der Waals surface area contributed by atoms with E-state index in [4.69, 9.17) is 0 Å². The van der Waals surface area contributed by atoms with Crippen molar-refractivity contribution >= 4 is 22.6 Å². The monoisotopic (exact) mass is 350 g/mol. The molecule has 0 amide bonds. The Morgan fingerprint density at radius 1 is 1.56 bits per heavy atom. The average Bonchev–Trinajstić information content (AvgIpc) is 2.10. The third kappa shape index (κ3) is 1.76. The second kappa shape index (κ2) is 3.13. The van der Waals surface area contributed by atoms with Gasteiger partial charge in [0, 0.05) is 0 Å². The zero-order chi connectivity index (χ0) is 6.85. The van der Waals surface area contributed by atoms with Crippen LogP contribution in [0.1, 0.15) is 0 Å². The zero-order valence-corrected chi connectivity index (χ0v) is 9.41. The molecule has 0 aromatic carbocycles. The number of hydrogen-bond donors (Lipinski definition) is 0. The normalized spacial score (nSPS) is 10.6. The summed E-state index contributed by atoms with van der Waals surface area (Å²) >= 11 is 2.32. The van der Waals surface area contributed by atoms with Crippen LogP contribution in [0.3, 0.4) is 0 Å². The minimum atomic E-state index is 0.107. The summed E-state index contributed by atoms with van der Waals surface area (Å²) in [6.07, 6.45) is 0. The maximum atomic E-state index is 4.18. The van der Waals surface area contributed by atoms with Crippen molar-refractivity contribution in [2.45, 2.75) is 0 Å². The molecule has 0 saturated carbocycles. The molecule has 1 aromatic rings. The summed E-state index contributed by atoms with van der Waals surface area (Å²) in [4.78, 5) is 3.81. The molecule has 0 aliphatic carbocycles. The van der Waals surface area contributed by atoms with Crippen molar-refractivity contribution in [1.82, 2.24) is 15.0 Å². The first-order valence-electron chi connectivity index (χ1n) is 2.30. The molecule has 0 radical (unpaired) electrons. The summed E-state index contributed by atoms with van der Waals surface area (Å²) in [6, 6.07) is 0. The van der Waals surface area contributed by atoms with Gasteiger partial charge in [0.05, 0.1) is 0 Å². The van der Waals surface area contributed by atoms with Crippen LogP contribution in [-0.2, 0) is 7.05 Å². The van der Waals surface area contributed by atoms with Gasteiger partial charge < -0.3 is 0 Å². The number of halogens is 2. The molecule has 0 saturated heterocycles. The molecule has 0 aliphatic rings. The fourth-order valence-electron chi connectivity index (χ4n) is 0.475. The SMILES string of the molecule is C[I-]c1nn(C)nc1I. The second-order valence-corrected chi connectivity index (χ2v) is 4.58. The van der Waals surface area contributed by atoms with Gasteiger partial charge in [0.2, 0.25) is 0 Å². The molecule has 0 fully saturated rings. The fourth-order valence-corrected chi connectivity index (χ4v) is 3.34. The minimum absolute atomic E-state index is 0.107. The van der Waals surface area contributed by atoms with Crippen LogP contribution in [0.4, 0.5) is 0 Å². The zero-order valence-electron chi connectivity index (χ0n) is 5.10. The Kier molecular flexibility index (Phi) is 2.68. The van der Waals surface area contributed by atoms with E-state index in [0.29, 0.717) is 0 Å². The Morgan fingerprint density at radius 3 is 2.44 bits per heavy atom. The summed E-state index contributed by atoms with van der Waals surface area (Å²) in [5, 5.41) is 8.28. The van der Waals surface area contributed by atoms with Crippen LogP contribution >= 0.6 is 22.6 Å². The second-order valence-electron chi connectivity index (χ2n) is 1.46. The van der Waals surface area contributed by atoms with Crippen LogP contribution in [0, 0.1) is 7.40 Å². The standard InChI is InChI=1S/C4H6I2N3/c1-6-4-3(5)7-9(2)8-4/h1-2H3/q-1. The molecule has 0 bridgehead atoms. The molecule has 1 heterocycles. The molecule has 3 nitrogen and oxygen atoms in total. The molecule has 52 valence electrons. The van der Waals surface area contributed by atoms with E-state index in [9.17, 15) is 0 Å². The van der Waals surface area contributed by atoms with Crippen LogP contribution in [0.2, 0.25) is 0 Å². The number of aryl methyl sites for hydroxylation is 1. The molecule has 0 aliphatic heterocycles. The summed E-state index contributed by atoms with van der Waals surface area (Å²) in [5.41, 5.74) is 0. The van der Waals surface area contributed by atoms with Crippen molar-refractivity contribution in [3.05, 3.63) is 7.40 Å². The summed E-state index contributed by atoms with van der Waals surface area (Å²) in [6.45, 7) is 0. The third-order valence-corrected chi connectivity index (χ3v) is 4.32. The number of rotatable bonds is 1. The first kappa shape index (κ1) is 7.70. The van der Waals surface area contributed by atoms with Crippen molar-refractivity contribution < 1.29 is 21.2 Å². The van der Waals surface area contributed by atoms with Crippen molar-refractivity contribution in [3.63, 3.8) is 0 Å². The van der Waals surface area contributed by atoms with Gasteiger partial charge in [-0.15, -0.1) is 0 Å². The van der Waals surface area contributed by atoms with Crippen molar-refractivity contribution in [2.24, 2.45) is 7.05 Å². The van der Waals surface area contributed by atoms with Gasteiger partial charge >= 0.3 is 78.2 Å². The van der Waals surface area contributed by atoms with Crippen molar-refractivity contribution in [3.8, 4) is 0 Å². The van der Waals surface area contributed by atoms with E-state index in [1.807, 2.05) is 7.05 Å². The first-order valence-corrected chi connectivity index (χ1v) is 6.62. The summed E-state index contributed by atoms with van der Waals surface area (Å²) < 4.78 is 2.25. The summed E-state index contributed by atoms with van der Waals surface area (Å²) in [7, 11) is 1.85.